The quantitative estimate of drug-likeness (QED) is 0.559. The van der Waals surface area contributed by atoms with Crippen LogP contribution >= 0.6 is 0 Å². The van der Waals surface area contributed by atoms with Gasteiger partial charge in [-0.3, -0.25) is 9.69 Å². The second-order valence-corrected chi connectivity index (χ2v) is 9.78. The minimum atomic E-state index is -0.743. The van der Waals surface area contributed by atoms with Gasteiger partial charge in [-0.2, -0.15) is 0 Å². The molecule has 0 saturated carbocycles. The van der Waals surface area contributed by atoms with Gasteiger partial charge in [-0.05, 0) is 44.7 Å². The molecule has 0 aromatic heterocycles. The van der Waals surface area contributed by atoms with Crippen molar-refractivity contribution < 1.29 is 14.6 Å². The number of carbonyl (C=O) groups excluding carboxylic acids is 1. The number of amides is 1. The number of aliphatic hydroxyl groups excluding tert-OH is 1. The van der Waals surface area contributed by atoms with Crippen molar-refractivity contribution in [1.82, 2.24) is 10.2 Å². The second kappa shape index (κ2) is 11.1. The number of rotatable bonds is 9. The summed E-state index contributed by atoms with van der Waals surface area (Å²) in [4.78, 5) is 15.0. The van der Waals surface area contributed by atoms with E-state index < -0.39 is 12.1 Å². The summed E-state index contributed by atoms with van der Waals surface area (Å²) >= 11 is 0. The number of hydrogen-bond acceptors (Lipinski definition) is 5. The molecule has 0 bridgehead atoms. The number of nitrogens with two attached hydrogens (primary N) is 1. The molecular formula is C26H37N3O3. The van der Waals surface area contributed by atoms with Gasteiger partial charge in [-0.25, -0.2) is 0 Å². The number of carbonyl (C=O) groups is 1. The average Bonchev–Trinajstić information content (AvgIpc) is 3.15. The van der Waals surface area contributed by atoms with E-state index in [4.69, 9.17) is 10.5 Å². The molecule has 1 fully saturated rings. The smallest absolute Gasteiger partial charge is 0.237 e. The van der Waals surface area contributed by atoms with Crippen molar-refractivity contribution >= 4 is 5.91 Å². The lowest BCUT2D eigenvalue weighted by Crippen LogP contribution is -2.53. The van der Waals surface area contributed by atoms with E-state index in [1.807, 2.05) is 86.3 Å². The first-order valence-corrected chi connectivity index (χ1v) is 11.4. The normalized spacial score (nSPS) is 21.3. The van der Waals surface area contributed by atoms with Crippen molar-refractivity contribution in [3.05, 3.63) is 71.8 Å². The lowest BCUT2D eigenvalue weighted by atomic mass is 10.0. The summed E-state index contributed by atoms with van der Waals surface area (Å²) < 4.78 is 6.13. The van der Waals surface area contributed by atoms with Gasteiger partial charge in [0.1, 0.15) is 0 Å². The molecule has 1 saturated heterocycles. The number of hydrogen-bond donors (Lipinski definition) is 3. The van der Waals surface area contributed by atoms with Crippen molar-refractivity contribution in [2.45, 2.75) is 70.1 Å². The van der Waals surface area contributed by atoms with Crippen LogP contribution in [0.4, 0.5) is 0 Å². The van der Waals surface area contributed by atoms with Crippen molar-refractivity contribution in [3.63, 3.8) is 0 Å². The van der Waals surface area contributed by atoms with Crippen LogP contribution in [-0.2, 0) is 22.6 Å². The monoisotopic (exact) mass is 439 g/mol. The molecule has 1 aliphatic heterocycles. The fourth-order valence-electron chi connectivity index (χ4n) is 4.10. The van der Waals surface area contributed by atoms with Crippen molar-refractivity contribution in [2.75, 3.05) is 13.1 Å². The van der Waals surface area contributed by atoms with Gasteiger partial charge in [0, 0.05) is 24.7 Å². The highest BCUT2D eigenvalue weighted by Gasteiger charge is 2.39. The maximum atomic E-state index is 13.0. The van der Waals surface area contributed by atoms with Crippen LogP contribution in [0.1, 0.15) is 38.3 Å². The minimum Gasteiger partial charge on any atom is -0.390 e. The molecule has 4 N–H and O–H groups in total. The first-order chi connectivity index (χ1) is 15.2. The number of benzene rings is 2. The van der Waals surface area contributed by atoms with Crippen LogP contribution in [0.25, 0.3) is 0 Å². The SMILES string of the molecule is CC(C)(C)NC(=O)[C@@H]1C[C@H](OCc2ccccc2)CN1C[C@@H](O)[C@@H](N)Cc1ccccc1. The number of β-amino-alcohol motifs (C(OH)–C–C–N with tert-alkyl or cyclic N) is 1. The van der Waals surface area contributed by atoms with Gasteiger partial charge in [0.05, 0.1) is 24.9 Å². The Morgan fingerprint density at radius 2 is 1.72 bits per heavy atom. The van der Waals surface area contributed by atoms with Gasteiger partial charge >= 0.3 is 0 Å². The molecule has 2 aromatic rings. The van der Waals surface area contributed by atoms with E-state index in [2.05, 4.69) is 5.32 Å². The highest BCUT2D eigenvalue weighted by molar-refractivity contribution is 5.82. The number of ether oxygens (including phenoxy) is 1. The van der Waals surface area contributed by atoms with Gasteiger partial charge in [0.25, 0.3) is 0 Å². The lowest BCUT2D eigenvalue weighted by Gasteiger charge is -2.30. The lowest BCUT2D eigenvalue weighted by molar-refractivity contribution is -0.127. The second-order valence-electron chi connectivity index (χ2n) is 9.78. The topological polar surface area (TPSA) is 87.8 Å². The fourth-order valence-corrected chi connectivity index (χ4v) is 4.10. The summed E-state index contributed by atoms with van der Waals surface area (Å²) in [7, 11) is 0. The number of nitrogens with zero attached hydrogens (tertiary/aromatic N) is 1. The summed E-state index contributed by atoms with van der Waals surface area (Å²) in [6, 6.07) is 19.2. The van der Waals surface area contributed by atoms with Crippen LogP contribution < -0.4 is 11.1 Å². The van der Waals surface area contributed by atoms with E-state index in [1.165, 1.54) is 0 Å². The number of aliphatic hydroxyl groups is 1. The average molecular weight is 440 g/mol. The van der Waals surface area contributed by atoms with E-state index in [-0.39, 0.29) is 23.6 Å². The molecule has 6 nitrogen and oxygen atoms in total. The summed E-state index contributed by atoms with van der Waals surface area (Å²) in [5.74, 6) is -0.0351. The number of likely N-dealkylation sites (tertiary alicyclic amines) is 1. The molecule has 2 aromatic carbocycles. The highest BCUT2D eigenvalue weighted by atomic mass is 16.5. The van der Waals surface area contributed by atoms with E-state index >= 15 is 0 Å². The van der Waals surface area contributed by atoms with Gasteiger partial charge in [-0.1, -0.05) is 60.7 Å². The van der Waals surface area contributed by atoms with Crippen molar-refractivity contribution in [3.8, 4) is 0 Å². The third-order valence-corrected chi connectivity index (χ3v) is 5.72. The van der Waals surface area contributed by atoms with E-state index in [0.29, 0.717) is 32.5 Å². The molecule has 32 heavy (non-hydrogen) atoms. The zero-order valence-corrected chi connectivity index (χ0v) is 19.4. The third kappa shape index (κ3) is 7.41. The third-order valence-electron chi connectivity index (χ3n) is 5.72. The summed E-state index contributed by atoms with van der Waals surface area (Å²) in [5, 5.41) is 13.9. The standard InChI is InChI=1S/C26H37N3O3/c1-26(2,3)28-25(31)23-15-21(32-18-20-12-8-5-9-13-20)16-29(23)17-24(30)22(27)14-19-10-6-4-7-11-19/h4-13,21-24,30H,14-18,27H2,1-3H3,(H,28,31)/t21-,22-,23-,24+/m0/s1. The number of nitrogens with one attached hydrogen (secondary N) is 1. The zero-order valence-electron chi connectivity index (χ0n) is 19.4. The predicted molar refractivity (Wildman–Crippen MR) is 127 cm³/mol. The molecule has 0 radical (unpaired) electrons. The van der Waals surface area contributed by atoms with Gasteiger partial charge < -0.3 is 20.9 Å². The summed E-state index contributed by atoms with van der Waals surface area (Å²) in [6.07, 6.45) is 0.356. The molecular weight excluding hydrogens is 402 g/mol. The largest absolute Gasteiger partial charge is 0.390 e. The van der Waals surface area contributed by atoms with Crippen LogP contribution in [0.5, 0.6) is 0 Å². The molecule has 4 atom stereocenters. The molecule has 1 aliphatic rings. The van der Waals surface area contributed by atoms with Crippen LogP contribution in [0.2, 0.25) is 0 Å². The van der Waals surface area contributed by atoms with Crippen LogP contribution in [0.3, 0.4) is 0 Å². The Morgan fingerprint density at radius 1 is 1.12 bits per heavy atom. The molecule has 0 aliphatic carbocycles. The molecule has 1 amide bonds. The summed E-state index contributed by atoms with van der Waals surface area (Å²) in [5.41, 5.74) is 8.18. The molecule has 0 spiro atoms. The maximum absolute atomic E-state index is 13.0. The minimum absolute atomic E-state index is 0.0351. The Kier molecular flexibility index (Phi) is 8.43. The van der Waals surface area contributed by atoms with E-state index in [9.17, 15) is 9.90 Å². The maximum Gasteiger partial charge on any atom is 0.237 e. The van der Waals surface area contributed by atoms with Crippen LogP contribution in [0.15, 0.2) is 60.7 Å². The Morgan fingerprint density at radius 3 is 2.31 bits per heavy atom. The van der Waals surface area contributed by atoms with Gasteiger partial charge in [0.15, 0.2) is 0 Å². The highest BCUT2D eigenvalue weighted by Crippen LogP contribution is 2.23. The Labute approximate surface area is 191 Å². The fraction of sp³-hybridized carbons (Fsp3) is 0.500. The molecule has 6 heteroatoms. The molecule has 174 valence electrons. The molecule has 1 heterocycles. The molecule has 3 rings (SSSR count). The predicted octanol–water partition coefficient (Wildman–Crippen LogP) is 2.49. The van der Waals surface area contributed by atoms with E-state index in [0.717, 1.165) is 11.1 Å². The van der Waals surface area contributed by atoms with Crippen LogP contribution in [-0.4, -0.2) is 58.8 Å². The van der Waals surface area contributed by atoms with Crippen LogP contribution in [0, 0.1) is 0 Å². The Bertz CT molecular complexity index is 838. The van der Waals surface area contributed by atoms with Crippen molar-refractivity contribution in [1.29, 1.82) is 0 Å². The van der Waals surface area contributed by atoms with Gasteiger partial charge in [-0.15, -0.1) is 0 Å². The Hall–Kier alpha value is -2.25. The summed E-state index contributed by atoms with van der Waals surface area (Å²) in [6.45, 7) is 7.34. The van der Waals surface area contributed by atoms with E-state index in [1.54, 1.807) is 0 Å². The van der Waals surface area contributed by atoms with Gasteiger partial charge in [0.2, 0.25) is 5.91 Å². The zero-order chi connectivity index (χ0) is 23.1. The molecule has 0 unspecified atom stereocenters. The first-order valence-electron chi connectivity index (χ1n) is 11.4. The van der Waals surface area contributed by atoms with Crippen molar-refractivity contribution in [2.24, 2.45) is 5.73 Å². The first kappa shape index (κ1) is 24.4. The Balaban J connectivity index is 1.63.